The van der Waals surface area contributed by atoms with Crippen molar-refractivity contribution >= 4 is 12.5 Å². The Labute approximate surface area is 47.6 Å². The van der Waals surface area contributed by atoms with E-state index in [-0.39, 0.29) is 0 Å². The molecule has 44 valence electrons. The quantitative estimate of drug-likeness (QED) is 0.229. The summed E-state index contributed by atoms with van der Waals surface area (Å²) in [6.45, 7) is 0. The molecular formula is C5H7NO2. The fourth-order valence-corrected chi connectivity index (χ4v) is 0.191. The number of carbonyl (C=O) groups excluding carboxylic acids is 1. The van der Waals surface area contributed by atoms with Crippen LogP contribution < -0.4 is 0 Å². The number of oxime groups is 1. The van der Waals surface area contributed by atoms with Crippen LogP contribution in [0.15, 0.2) is 17.3 Å². The Morgan fingerprint density at radius 3 is 2.75 bits per heavy atom. The SMILES string of the molecule is CO/N=C/C=C\C=O. The maximum atomic E-state index is 9.58. The largest absolute Gasteiger partial charge is 0.399 e. The smallest absolute Gasteiger partial charge is 0.142 e. The molecule has 0 aromatic rings. The summed E-state index contributed by atoms with van der Waals surface area (Å²) in [6.07, 6.45) is 4.86. The summed E-state index contributed by atoms with van der Waals surface area (Å²) >= 11 is 0. The van der Waals surface area contributed by atoms with Crippen LogP contribution in [0.3, 0.4) is 0 Å². The minimum atomic E-state index is 0.668. The summed E-state index contributed by atoms with van der Waals surface area (Å²) in [5, 5.41) is 3.34. The molecule has 8 heavy (non-hydrogen) atoms. The molecule has 0 aliphatic heterocycles. The molecule has 0 rings (SSSR count). The number of carbonyl (C=O) groups is 1. The van der Waals surface area contributed by atoms with Crippen molar-refractivity contribution < 1.29 is 9.63 Å². The molecule has 0 N–H and O–H groups in total. The minimum Gasteiger partial charge on any atom is -0.399 e. The monoisotopic (exact) mass is 113 g/mol. The van der Waals surface area contributed by atoms with Crippen LogP contribution in [0.1, 0.15) is 0 Å². The van der Waals surface area contributed by atoms with E-state index >= 15 is 0 Å². The van der Waals surface area contributed by atoms with Crippen molar-refractivity contribution in [1.29, 1.82) is 0 Å². The van der Waals surface area contributed by atoms with E-state index in [2.05, 4.69) is 9.99 Å². The Bertz CT molecular complexity index is 107. The van der Waals surface area contributed by atoms with Crippen molar-refractivity contribution in [2.24, 2.45) is 5.16 Å². The van der Waals surface area contributed by atoms with Crippen molar-refractivity contribution in [2.75, 3.05) is 7.11 Å². The summed E-state index contributed by atoms with van der Waals surface area (Å²) < 4.78 is 0. The molecule has 0 aromatic carbocycles. The number of hydrogen-bond donors (Lipinski definition) is 0. The number of nitrogens with zero attached hydrogens (tertiary/aromatic N) is 1. The fraction of sp³-hybridized carbons (Fsp3) is 0.200. The number of hydrogen-bond acceptors (Lipinski definition) is 3. The van der Waals surface area contributed by atoms with E-state index in [1.165, 1.54) is 25.5 Å². The molecule has 3 nitrogen and oxygen atoms in total. The van der Waals surface area contributed by atoms with Gasteiger partial charge in [-0.25, -0.2) is 0 Å². The van der Waals surface area contributed by atoms with Crippen LogP contribution in [0.4, 0.5) is 0 Å². The predicted octanol–water partition coefficient (Wildman–Crippen LogP) is 0.374. The van der Waals surface area contributed by atoms with Gasteiger partial charge in [0.1, 0.15) is 13.4 Å². The number of aldehydes is 1. The topological polar surface area (TPSA) is 38.7 Å². The molecule has 0 fully saturated rings. The van der Waals surface area contributed by atoms with Crippen molar-refractivity contribution in [3.8, 4) is 0 Å². The zero-order chi connectivity index (χ0) is 6.24. The first-order valence-electron chi connectivity index (χ1n) is 2.08. The van der Waals surface area contributed by atoms with Gasteiger partial charge in [-0.2, -0.15) is 0 Å². The van der Waals surface area contributed by atoms with Gasteiger partial charge in [0, 0.05) is 0 Å². The van der Waals surface area contributed by atoms with Crippen LogP contribution in [-0.4, -0.2) is 19.6 Å². The Morgan fingerprint density at radius 1 is 1.50 bits per heavy atom. The maximum Gasteiger partial charge on any atom is 0.142 e. The van der Waals surface area contributed by atoms with E-state index in [1.54, 1.807) is 0 Å². The summed E-state index contributed by atoms with van der Waals surface area (Å²) in [4.78, 5) is 13.9. The zero-order valence-electron chi connectivity index (χ0n) is 4.57. The standard InChI is InChI=1S/C5H7NO2/c1-8-6-4-2-3-5-7/h2-5H,1H3/b3-2-,6-4+. The molecule has 0 aliphatic carbocycles. The second-order valence-corrected chi connectivity index (χ2v) is 0.958. The Balaban J connectivity index is 3.26. The van der Waals surface area contributed by atoms with Crippen molar-refractivity contribution in [3.63, 3.8) is 0 Å². The molecule has 0 saturated heterocycles. The van der Waals surface area contributed by atoms with Crippen LogP contribution in [0.2, 0.25) is 0 Å². The van der Waals surface area contributed by atoms with E-state index in [0.717, 1.165) is 0 Å². The number of allylic oxidation sites excluding steroid dienone is 2. The van der Waals surface area contributed by atoms with Gasteiger partial charge >= 0.3 is 0 Å². The summed E-state index contributed by atoms with van der Waals surface area (Å²) in [7, 11) is 1.44. The highest BCUT2D eigenvalue weighted by Crippen LogP contribution is 1.65. The van der Waals surface area contributed by atoms with E-state index in [1.807, 2.05) is 0 Å². The third-order valence-electron chi connectivity index (χ3n) is 0.442. The van der Waals surface area contributed by atoms with Gasteiger partial charge in [0.15, 0.2) is 0 Å². The van der Waals surface area contributed by atoms with Gasteiger partial charge in [0.05, 0.1) is 6.21 Å². The lowest BCUT2D eigenvalue weighted by molar-refractivity contribution is -0.104. The third kappa shape index (κ3) is 4.88. The zero-order valence-corrected chi connectivity index (χ0v) is 4.57. The summed E-state index contributed by atoms with van der Waals surface area (Å²) in [6, 6.07) is 0. The molecule has 3 heteroatoms. The molecule has 0 saturated carbocycles. The van der Waals surface area contributed by atoms with E-state index in [0.29, 0.717) is 6.29 Å². The lowest BCUT2D eigenvalue weighted by Crippen LogP contribution is -1.68. The molecule has 0 spiro atoms. The van der Waals surface area contributed by atoms with Crippen molar-refractivity contribution in [1.82, 2.24) is 0 Å². The highest BCUT2D eigenvalue weighted by Gasteiger charge is 1.60. The van der Waals surface area contributed by atoms with Crippen LogP contribution in [0.25, 0.3) is 0 Å². The fourth-order valence-electron chi connectivity index (χ4n) is 0.191. The van der Waals surface area contributed by atoms with Gasteiger partial charge in [-0.3, -0.25) is 4.79 Å². The molecule has 0 atom stereocenters. The van der Waals surface area contributed by atoms with Crippen LogP contribution in [0.5, 0.6) is 0 Å². The Hall–Kier alpha value is -1.12. The molecule has 0 bridgehead atoms. The lowest BCUT2D eigenvalue weighted by Gasteiger charge is -1.77. The minimum absolute atomic E-state index is 0.668. The van der Waals surface area contributed by atoms with Gasteiger partial charge in [-0.05, 0) is 12.2 Å². The molecule has 0 unspecified atom stereocenters. The first kappa shape index (κ1) is 6.88. The van der Waals surface area contributed by atoms with E-state index < -0.39 is 0 Å². The second kappa shape index (κ2) is 5.88. The van der Waals surface area contributed by atoms with Gasteiger partial charge in [-0.15, -0.1) is 0 Å². The van der Waals surface area contributed by atoms with Gasteiger partial charge in [-0.1, -0.05) is 5.16 Å². The molecule has 0 aromatic heterocycles. The second-order valence-electron chi connectivity index (χ2n) is 0.958. The van der Waals surface area contributed by atoms with Gasteiger partial charge < -0.3 is 4.84 Å². The van der Waals surface area contributed by atoms with Crippen molar-refractivity contribution in [2.45, 2.75) is 0 Å². The highest BCUT2D eigenvalue weighted by atomic mass is 16.6. The Kier molecular flexibility index (Phi) is 5.06. The third-order valence-corrected chi connectivity index (χ3v) is 0.442. The normalized spacial score (nSPS) is 10.6. The highest BCUT2D eigenvalue weighted by molar-refractivity contribution is 5.78. The molecule has 0 amide bonds. The Morgan fingerprint density at radius 2 is 2.25 bits per heavy atom. The predicted molar refractivity (Wildman–Crippen MR) is 30.7 cm³/mol. The van der Waals surface area contributed by atoms with Crippen LogP contribution in [0, 0.1) is 0 Å². The lowest BCUT2D eigenvalue weighted by atomic mass is 10.6. The van der Waals surface area contributed by atoms with Crippen LogP contribution in [-0.2, 0) is 9.63 Å². The molecule has 0 heterocycles. The molecular weight excluding hydrogens is 106 g/mol. The average molecular weight is 113 g/mol. The van der Waals surface area contributed by atoms with Gasteiger partial charge in [0.25, 0.3) is 0 Å². The maximum absolute atomic E-state index is 9.58. The number of rotatable bonds is 3. The first-order valence-corrected chi connectivity index (χ1v) is 2.08. The summed E-state index contributed by atoms with van der Waals surface area (Å²) in [5.41, 5.74) is 0. The van der Waals surface area contributed by atoms with Crippen molar-refractivity contribution in [3.05, 3.63) is 12.2 Å². The average Bonchev–Trinajstić information content (AvgIpc) is 1.81. The van der Waals surface area contributed by atoms with Crippen LogP contribution >= 0.6 is 0 Å². The first-order chi connectivity index (χ1) is 3.91. The van der Waals surface area contributed by atoms with E-state index in [4.69, 9.17) is 0 Å². The summed E-state index contributed by atoms with van der Waals surface area (Å²) in [5.74, 6) is 0. The molecule has 0 radical (unpaired) electrons. The molecule has 0 aliphatic rings. The van der Waals surface area contributed by atoms with Gasteiger partial charge in [0.2, 0.25) is 0 Å². The van der Waals surface area contributed by atoms with E-state index in [9.17, 15) is 4.79 Å².